The Balaban J connectivity index is 1.75. The van der Waals surface area contributed by atoms with Gasteiger partial charge in [0.15, 0.2) is 0 Å². The third kappa shape index (κ3) is 5.94. The second-order valence-corrected chi connectivity index (χ2v) is 6.35. The second-order valence-electron chi connectivity index (χ2n) is 5.07. The van der Waals surface area contributed by atoms with Crippen LogP contribution in [0.4, 0.5) is 5.69 Å². The van der Waals surface area contributed by atoms with Crippen LogP contribution in [0.1, 0.15) is 18.4 Å². The predicted octanol–water partition coefficient (Wildman–Crippen LogP) is 5.75. The Hall–Kier alpha value is -1.42. The molecule has 0 radical (unpaired) electrons. The van der Waals surface area contributed by atoms with E-state index in [1.807, 2.05) is 19.1 Å². The summed E-state index contributed by atoms with van der Waals surface area (Å²) in [5.41, 5.74) is 1.54. The SMILES string of the molecule is Cc1cc(OCCCC(=O)Nc2cc(Cl)cc(Cl)c2)ccc1Cl. The monoisotopic (exact) mass is 371 g/mol. The molecule has 0 saturated heterocycles. The van der Waals surface area contributed by atoms with Crippen LogP contribution < -0.4 is 10.1 Å². The van der Waals surface area contributed by atoms with Crippen LogP contribution in [0.15, 0.2) is 36.4 Å². The first-order chi connectivity index (χ1) is 10.9. The van der Waals surface area contributed by atoms with E-state index in [0.717, 1.165) is 11.3 Å². The fourth-order valence-electron chi connectivity index (χ4n) is 1.98. The molecule has 0 unspecified atom stereocenters. The summed E-state index contributed by atoms with van der Waals surface area (Å²) in [5, 5.41) is 4.43. The Morgan fingerprint density at radius 3 is 2.43 bits per heavy atom. The van der Waals surface area contributed by atoms with Crippen molar-refractivity contribution in [3.05, 3.63) is 57.0 Å². The summed E-state index contributed by atoms with van der Waals surface area (Å²) in [5.74, 6) is 0.633. The van der Waals surface area contributed by atoms with Crippen molar-refractivity contribution >= 4 is 46.4 Å². The lowest BCUT2D eigenvalue weighted by atomic mass is 10.2. The lowest BCUT2D eigenvalue weighted by molar-refractivity contribution is -0.116. The van der Waals surface area contributed by atoms with Crippen molar-refractivity contribution in [3.8, 4) is 5.75 Å². The number of aryl methyl sites for hydroxylation is 1. The predicted molar refractivity (Wildman–Crippen MR) is 96.0 cm³/mol. The van der Waals surface area contributed by atoms with Crippen molar-refractivity contribution in [3.63, 3.8) is 0 Å². The summed E-state index contributed by atoms with van der Waals surface area (Å²) in [4.78, 5) is 11.9. The lowest BCUT2D eigenvalue weighted by Crippen LogP contribution is -2.12. The van der Waals surface area contributed by atoms with Gasteiger partial charge in [-0.1, -0.05) is 34.8 Å². The summed E-state index contributed by atoms with van der Waals surface area (Å²) in [7, 11) is 0. The van der Waals surface area contributed by atoms with Gasteiger partial charge in [-0.25, -0.2) is 0 Å². The van der Waals surface area contributed by atoms with Crippen LogP contribution in [0.25, 0.3) is 0 Å². The molecule has 0 spiro atoms. The van der Waals surface area contributed by atoms with Gasteiger partial charge in [-0.3, -0.25) is 4.79 Å². The van der Waals surface area contributed by atoms with Crippen molar-refractivity contribution < 1.29 is 9.53 Å². The standard InChI is InChI=1S/C17H16Cl3NO2/c1-11-7-15(4-5-16(11)20)23-6-2-3-17(22)21-14-9-12(18)8-13(19)10-14/h4-5,7-10H,2-3,6H2,1H3,(H,21,22). The van der Waals surface area contributed by atoms with Gasteiger partial charge in [0.2, 0.25) is 5.91 Å². The number of carbonyl (C=O) groups excluding carboxylic acids is 1. The molecule has 2 rings (SSSR count). The number of nitrogens with one attached hydrogen (secondary N) is 1. The Morgan fingerprint density at radius 2 is 1.78 bits per heavy atom. The van der Waals surface area contributed by atoms with Crippen molar-refractivity contribution in [2.45, 2.75) is 19.8 Å². The number of benzene rings is 2. The number of carbonyl (C=O) groups is 1. The van der Waals surface area contributed by atoms with Crippen LogP contribution in [0, 0.1) is 6.92 Å². The number of halogens is 3. The van der Waals surface area contributed by atoms with Crippen molar-refractivity contribution in [2.75, 3.05) is 11.9 Å². The van der Waals surface area contributed by atoms with E-state index in [0.29, 0.717) is 40.2 Å². The number of rotatable bonds is 6. The van der Waals surface area contributed by atoms with Crippen LogP contribution in [0.3, 0.4) is 0 Å². The molecular formula is C17H16Cl3NO2. The molecule has 0 heterocycles. The first-order valence-electron chi connectivity index (χ1n) is 7.09. The van der Waals surface area contributed by atoms with E-state index in [4.69, 9.17) is 39.5 Å². The van der Waals surface area contributed by atoms with E-state index in [1.54, 1.807) is 24.3 Å². The lowest BCUT2D eigenvalue weighted by Gasteiger charge is -2.09. The Bertz CT molecular complexity index is 684. The number of hydrogen-bond donors (Lipinski definition) is 1. The van der Waals surface area contributed by atoms with Crippen molar-refractivity contribution in [2.24, 2.45) is 0 Å². The van der Waals surface area contributed by atoms with E-state index in [-0.39, 0.29) is 5.91 Å². The highest BCUT2D eigenvalue weighted by molar-refractivity contribution is 6.35. The summed E-state index contributed by atoms with van der Waals surface area (Å²) < 4.78 is 5.60. The first kappa shape index (κ1) is 17.9. The maximum Gasteiger partial charge on any atom is 0.224 e. The molecule has 0 aromatic heterocycles. The van der Waals surface area contributed by atoms with Crippen LogP contribution in [-0.4, -0.2) is 12.5 Å². The zero-order chi connectivity index (χ0) is 16.8. The summed E-state index contributed by atoms with van der Waals surface area (Å²) in [6, 6.07) is 10.4. The van der Waals surface area contributed by atoms with Gasteiger partial charge in [0.05, 0.1) is 6.61 Å². The zero-order valence-electron chi connectivity index (χ0n) is 12.5. The molecule has 0 saturated carbocycles. The van der Waals surface area contributed by atoms with Crippen LogP contribution in [-0.2, 0) is 4.79 Å². The molecule has 0 bridgehead atoms. The molecular weight excluding hydrogens is 357 g/mol. The molecule has 2 aromatic carbocycles. The quantitative estimate of drug-likeness (QED) is 0.655. The zero-order valence-corrected chi connectivity index (χ0v) is 14.8. The molecule has 6 heteroatoms. The molecule has 23 heavy (non-hydrogen) atoms. The smallest absolute Gasteiger partial charge is 0.224 e. The maximum absolute atomic E-state index is 11.9. The number of anilines is 1. The van der Waals surface area contributed by atoms with Gasteiger partial charge in [0.1, 0.15) is 5.75 Å². The van der Waals surface area contributed by atoms with E-state index < -0.39 is 0 Å². The molecule has 0 aliphatic heterocycles. The van der Waals surface area contributed by atoms with Gasteiger partial charge in [-0.2, -0.15) is 0 Å². The number of ether oxygens (including phenoxy) is 1. The molecule has 0 atom stereocenters. The van der Waals surface area contributed by atoms with Gasteiger partial charge >= 0.3 is 0 Å². The minimum Gasteiger partial charge on any atom is -0.494 e. The van der Waals surface area contributed by atoms with Crippen molar-refractivity contribution in [1.82, 2.24) is 0 Å². The molecule has 3 nitrogen and oxygen atoms in total. The molecule has 0 aliphatic rings. The molecule has 122 valence electrons. The molecule has 2 aromatic rings. The van der Waals surface area contributed by atoms with Crippen LogP contribution in [0.2, 0.25) is 15.1 Å². The normalized spacial score (nSPS) is 10.4. The molecule has 0 aliphatic carbocycles. The van der Waals surface area contributed by atoms with E-state index in [2.05, 4.69) is 5.32 Å². The molecule has 1 N–H and O–H groups in total. The number of hydrogen-bond acceptors (Lipinski definition) is 2. The summed E-state index contributed by atoms with van der Waals surface area (Å²) >= 11 is 17.7. The van der Waals surface area contributed by atoms with Gasteiger partial charge in [-0.15, -0.1) is 0 Å². The molecule has 1 amide bonds. The average molecular weight is 373 g/mol. The van der Waals surface area contributed by atoms with E-state index in [1.165, 1.54) is 0 Å². The third-order valence-electron chi connectivity index (χ3n) is 3.09. The highest BCUT2D eigenvalue weighted by Gasteiger charge is 2.05. The van der Waals surface area contributed by atoms with Crippen LogP contribution in [0.5, 0.6) is 5.75 Å². The minimum absolute atomic E-state index is 0.112. The first-order valence-corrected chi connectivity index (χ1v) is 8.22. The van der Waals surface area contributed by atoms with Gasteiger partial charge < -0.3 is 10.1 Å². The largest absolute Gasteiger partial charge is 0.494 e. The summed E-state index contributed by atoms with van der Waals surface area (Å²) in [6.45, 7) is 2.36. The number of amides is 1. The summed E-state index contributed by atoms with van der Waals surface area (Å²) in [6.07, 6.45) is 0.943. The highest BCUT2D eigenvalue weighted by atomic mass is 35.5. The van der Waals surface area contributed by atoms with Crippen molar-refractivity contribution in [1.29, 1.82) is 0 Å². The Morgan fingerprint density at radius 1 is 1.09 bits per heavy atom. The van der Waals surface area contributed by atoms with Gasteiger partial charge in [-0.05, 0) is 55.3 Å². The average Bonchev–Trinajstić information content (AvgIpc) is 2.46. The molecule has 0 fully saturated rings. The third-order valence-corrected chi connectivity index (χ3v) is 3.95. The fourth-order valence-corrected chi connectivity index (χ4v) is 2.62. The highest BCUT2D eigenvalue weighted by Crippen LogP contribution is 2.23. The van der Waals surface area contributed by atoms with E-state index in [9.17, 15) is 4.79 Å². The Kier molecular flexibility index (Phi) is 6.58. The Labute approximate surface area is 150 Å². The van der Waals surface area contributed by atoms with Crippen LogP contribution >= 0.6 is 34.8 Å². The van der Waals surface area contributed by atoms with E-state index >= 15 is 0 Å². The fraction of sp³-hybridized carbons (Fsp3) is 0.235. The second kappa shape index (κ2) is 8.44. The van der Waals surface area contributed by atoms with Gasteiger partial charge in [0, 0.05) is 27.2 Å². The van der Waals surface area contributed by atoms with Gasteiger partial charge in [0.25, 0.3) is 0 Å². The topological polar surface area (TPSA) is 38.3 Å². The minimum atomic E-state index is -0.112. The maximum atomic E-state index is 11.9.